The van der Waals surface area contributed by atoms with E-state index in [0.29, 0.717) is 5.92 Å². The lowest BCUT2D eigenvalue weighted by Gasteiger charge is -2.34. The van der Waals surface area contributed by atoms with E-state index in [2.05, 4.69) is 12.1 Å². The van der Waals surface area contributed by atoms with E-state index < -0.39 is 0 Å². The van der Waals surface area contributed by atoms with E-state index in [9.17, 15) is 4.79 Å². The quantitative estimate of drug-likeness (QED) is 0.909. The molecule has 1 amide bonds. The summed E-state index contributed by atoms with van der Waals surface area (Å²) in [4.78, 5) is 14.3. The standard InChI is InChI=1S/C18H28N2O2/c1-13(14(2)19)18(21)20-10-8-16(9-11-20)12-15-4-6-17(22-3)7-5-15/h4-7,13-14,16H,8-12,19H2,1-3H3. The molecule has 22 heavy (non-hydrogen) atoms. The third-order valence-corrected chi connectivity index (χ3v) is 4.79. The molecule has 2 atom stereocenters. The van der Waals surface area contributed by atoms with Crippen LogP contribution < -0.4 is 10.5 Å². The molecule has 2 unspecified atom stereocenters. The van der Waals surface area contributed by atoms with Crippen LogP contribution in [-0.4, -0.2) is 37.0 Å². The molecule has 1 heterocycles. The SMILES string of the molecule is COc1ccc(CC2CCN(C(=O)C(C)C(C)N)CC2)cc1. The van der Waals surface area contributed by atoms with Gasteiger partial charge in [-0.1, -0.05) is 19.1 Å². The highest BCUT2D eigenvalue weighted by molar-refractivity contribution is 5.79. The molecular formula is C18H28N2O2. The van der Waals surface area contributed by atoms with Gasteiger partial charge >= 0.3 is 0 Å². The predicted octanol–water partition coefficient (Wildman–Crippen LogP) is 2.46. The Bertz CT molecular complexity index is 476. The van der Waals surface area contributed by atoms with Gasteiger partial charge in [0.2, 0.25) is 5.91 Å². The smallest absolute Gasteiger partial charge is 0.226 e. The van der Waals surface area contributed by atoms with E-state index in [0.717, 1.165) is 38.1 Å². The number of hydrogen-bond acceptors (Lipinski definition) is 3. The van der Waals surface area contributed by atoms with Crippen LogP contribution in [0.4, 0.5) is 0 Å². The Kier molecular flexibility index (Phi) is 5.83. The number of ether oxygens (including phenoxy) is 1. The van der Waals surface area contributed by atoms with Gasteiger partial charge in [-0.15, -0.1) is 0 Å². The Morgan fingerprint density at radius 3 is 2.36 bits per heavy atom. The summed E-state index contributed by atoms with van der Waals surface area (Å²) in [5.41, 5.74) is 7.18. The number of methoxy groups -OCH3 is 1. The first-order valence-electron chi connectivity index (χ1n) is 8.18. The summed E-state index contributed by atoms with van der Waals surface area (Å²) < 4.78 is 5.19. The molecule has 4 nitrogen and oxygen atoms in total. The molecule has 1 aliphatic heterocycles. The van der Waals surface area contributed by atoms with Crippen LogP contribution in [0.2, 0.25) is 0 Å². The van der Waals surface area contributed by atoms with E-state index in [1.165, 1.54) is 5.56 Å². The summed E-state index contributed by atoms with van der Waals surface area (Å²) in [7, 11) is 1.69. The normalized spacial score (nSPS) is 18.8. The van der Waals surface area contributed by atoms with Gasteiger partial charge in [-0.2, -0.15) is 0 Å². The molecule has 122 valence electrons. The average molecular weight is 304 g/mol. The number of piperidine rings is 1. The van der Waals surface area contributed by atoms with Crippen LogP contribution in [0.3, 0.4) is 0 Å². The Morgan fingerprint density at radius 1 is 1.27 bits per heavy atom. The van der Waals surface area contributed by atoms with Crippen molar-refractivity contribution < 1.29 is 9.53 Å². The van der Waals surface area contributed by atoms with Gasteiger partial charge in [0.05, 0.1) is 13.0 Å². The first kappa shape index (κ1) is 16.8. The number of amides is 1. The van der Waals surface area contributed by atoms with Crippen molar-refractivity contribution in [2.75, 3.05) is 20.2 Å². The molecule has 2 rings (SSSR count). The van der Waals surface area contributed by atoms with Gasteiger partial charge in [0.1, 0.15) is 5.75 Å². The van der Waals surface area contributed by atoms with E-state index in [-0.39, 0.29) is 17.9 Å². The number of carbonyl (C=O) groups excluding carboxylic acids is 1. The molecule has 0 bridgehead atoms. The number of carbonyl (C=O) groups is 1. The molecule has 1 aromatic carbocycles. The fourth-order valence-electron chi connectivity index (χ4n) is 2.97. The van der Waals surface area contributed by atoms with E-state index in [1.54, 1.807) is 7.11 Å². The van der Waals surface area contributed by atoms with Crippen molar-refractivity contribution in [3.8, 4) is 5.75 Å². The minimum atomic E-state index is -0.0851. The lowest BCUT2D eigenvalue weighted by atomic mass is 9.89. The number of hydrogen-bond donors (Lipinski definition) is 1. The summed E-state index contributed by atoms with van der Waals surface area (Å²) >= 11 is 0. The number of nitrogens with two attached hydrogens (primary N) is 1. The topological polar surface area (TPSA) is 55.6 Å². The Morgan fingerprint density at radius 2 is 1.86 bits per heavy atom. The predicted molar refractivity (Wildman–Crippen MR) is 88.8 cm³/mol. The Balaban J connectivity index is 1.82. The first-order valence-corrected chi connectivity index (χ1v) is 8.18. The zero-order chi connectivity index (χ0) is 16.1. The summed E-state index contributed by atoms with van der Waals surface area (Å²) in [5, 5.41) is 0. The Labute approximate surface area is 133 Å². The Hall–Kier alpha value is -1.55. The average Bonchev–Trinajstić information content (AvgIpc) is 2.55. The van der Waals surface area contributed by atoms with Crippen molar-refractivity contribution in [2.24, 2.45) is 17.6 Å². The molecule has 1 aromatic rings. The lowest BCUT2D eigenvalue weighted by molar-refractivity contribution is -0.136. The first-order chi connectivity index (χ1) is 10.5. The number of benzene rings is 1. The van der Waals surface area contributed by atoms with Crippen LogP contribution in [0.15, 0.2) is 24.3 Å². The van der Waals surface area contributed by atoms with E-state index in [1.807, 2.05) is 30.9 Å². The van der Waals surface area contributed by atoms with E-state index in [4.69, 9.17) is 10.5 Å². The second kappa shape index (κ2) is 7.63. The number of nitrogens with zero attached hydrogens (tertiary/aromatic N) is 1. The van der Waals surface area contributed by atoms with Crippen molar-refractivity contribution in [1.29, 1.82) is 0 Å². The zero-order valence-electron chi connectivity index (χ0n) is 13.9. The highest BCUT2D eigenvalue weighted by atomic mass is 16.5. The minimum Gasteiger partial charge on any atom is -0.497 e. The highest BCUT2D eigenvalue weighted by Gasteiger charge is 2.27. The van der Waals surface area contributed by atoms with Crippen molar-refractivity contribution in [3.63, 3.8) is 0 Å². The van der Waals surface area contributed by atoms with Crippen LogP contribution in [0, 0.1) is 11.8 Å². The molecule has 1 saturated heterocycles. The second-order valence-corrected chi connectivity index (χ2v) is 6.47. The van der Waals surface area contributed by atoms with Crippen molar-refractivity contribution >= 4 is 5.91 Å². The van der Waals surface area contributed by atoms with Crippen LogP contribution in [0.25, 0.3) is 0 Å². The monoisotopic (exact) mass is 304 g/mol. The third kappa shape index (κ3) is 4.23. The minimum absolute atomic E-state index is 0.0791. The maximum atomic E-state index is 12.3. The van der Waals surface area contributed by atoms with Crippen molar-refractivity contribution in [1.82, 2.24) is 4.90 Å². The van der Waals surface area contributed by atoms with Gasteiger partial charge < -0.3 is 15.4 Å². The lowest BCUT2D eigenvalue weighted by Crippen LogP contribution is -2.45. The molecule has 1 fully saturated rings. The molecule has 1 aliphatic rings. The van der Waals surface area contributed by atoms with Gasteiger partial charge in [-0.3, -0.25) is 4.79 Å². The zero-order valence-corrected chi connectivity index (χ0v) is 13.9. The molecule has 0 saturated carbocycles. The molecule has 4 heteroatoms. The number of rotatable bonds is 5. The van der Waals surface area contributed by atoms with E-state index >= 15 is 0 Å². The largest absolute Gasteiger partial charge is 0.497 e. The molecule has 0 aromatic heterocycles. The summed E-state index contributed by atoms with van der Waals surface area (Å²) in [6, 6.07) is 8.21. The van der Waals surface area contributed by atoms with Gasteiger partial charge in [0.25, 0.3) is 0 Å². The fourth-order valence-corrected chi connectivity index (χ4v) is 2.97. The fraction of sp³-hybridized carbons (Fsp3) is 0.611. The molecule has 0 radical (unpaired) electrons. The summed E-state index contributed by atoms with van der Waals surface area (Å²) in [5.74, 6) is 1.67. The number of likely N-dealkylation sites (tertiary alicyclic amines) is 1. The second-order valence-electron chi connectivity index (χ2n) is 6.47. The van der Waals surface area contributed by atoms with Crippen LogP contribution in [-0.2, 0) is 11.2 Å². The molecule has 0 aliphatic carbocycles. The van der Waals surface area contributed by atoms with Crippen LogP contribution >= 0.6 is 0 Å². The van der Waals surface area contributed by atoms with Crippen molar-refractivity contribution in [3.05, 3.63) is 29.8 Å². The van der Waals surface area contributed by atoms with Gasteiger partial charge in [-0.05, 0) is 49.8 Å². The maximum absolute atomic E-state index is 12.3. The molecule has 0 spiro atoms. The maximum Gasteiger partial charge on any atom is 0.226 e. The van der Waals surface area contributed by atoms with Gasteiger partial charge in [0.15, 0.2) is 0 Å². The third-order valence-electron chi connectivity index (χ3n) is 4.79. The molecule has 2 N–H and O–H groups in total. The van der Waals surface area contributed by atoms with Crippen molar-refractivity contribution in [2.45, 2.75) is 39.2 Å². The summed E-state index contributed by atoms with van der Waals surface area (Å²) in [6.07, 6.45) is 3.22. The van der Waals surface area contributed by atoms with Crippen LogP contribution in [0.5, 0.6) is 5.75 Å². The van der Waals surface area contributed by atoms with Gasteiger partial charge in [-0.25, -0.2) is 0 Å². The highest BCUT2D eigenvalue weighted by Crippen LogP contribution is 2.24. The van der Waals surface area contributed by atoms with Crippen LogP contribution in [0.1, 0.15) is 32.3 Å². The molecular weight excluding hydrogens is 276 g/mol. The van der Waals surface area contributed by atoms with Gasteiger partial charge in [0, 0.05) is 19.1 Å². The summed E-state index contributed by atoms with van der Waals surface area (Å²) in [6.45, 7) is 5.54.